The van der Waals surface area contributed by atoms with Crippen molar-refractivity contribution in [2.24, 2.45) is 0 Å². The number of hydrogen-bond donors (Lipinski definition) is 0. The molecule has 0 spiro atoms. The third-order valence-corrected chi connectivity index (χ3v) is 5.55. The minimum atomic E-state index is -5.36. The molecule has 6 nitrogen and oxygen atoms in total. The lowest BCUT2D eigenvalue weighted by atomic mass is 10.1. The Bertz CT molecular complexity index is 935. The van der Waals surface area contributed by atoms with Gasteiger partial charge in [0, 0.05) is 13.0 Å². The van der Waals surface area contributed by atoms with Crippen molar-refractivity contribution in [3.05, 3.63) is 53.1 Å². The van der Waals surface area contributed by atoms with E-state index in [9.17, 15) is 21.6 Å². The standard InChI is InChI=1S/C16H17F3N4O2S/c1-2-4-12-5-3-6-13(9-12)10-14-20-15-11-22(7-8-23(15)21-14)26(24,25)16(17,18)19/h2-6,9H,7-8,10-11H2,1H3/b4-2+. The fraction of sp³-hybridized carbons (Fsp3) is 0.375. The van der Waals surface area contributed by atoms with Gasteiger partial charge in [-0.15, -0.1) is 0 Å². The van der Waals surface area contributed by atoms with Crippen LogP contribution in [-0.2, 0) is 29.5 Å². The molecule has 26 heavy (non-hydrogen) atoms. The molecule has 140 valence electrons. The van der Waals surface area contributed by atoms with Gasteiger partial charge < -0.3 is 0 Å². The van der Waals surface area contributed by atoms with Crippen molar-refractivity contribution in [2.75, 3.05) is 6.54 Å². The summed E-state index contributed by atoms with van der Waals surface area (Å²) in [7, 11) is -5.36. The van der Waals surface area contributed by atoms with E-state index >= 15 is 0 Å². The van der Waals surface area contributed by atoms with E-state index in [0.29, 0.717) is 16.6 Å². The lowest BCUT2D eigenvalue weighted by Crippen LogP contribution is -2.44. The average Bonchev–Trinajstić information content (AvgIpc) is 2.95. The number of fused-ring (bicyclic) bond motifs is 1. The molecule has 1 aromatic heterocycles. The van der Waals surface area contributed by atoms with Gasteiger partial charge in [0.25, 0.3) is 0 Å². The second-order valence-electron chi connectivity index (χ2n) is 5.87. The fourth-order valence-corrected chi connectivity index (χ4v) is 3.67. The summed E-state index contributed by atoms with van der Waals surface area (Å²) in [6.45, 7) is 1.23. The second kappa shape index (κ2) is 6.84. The summed E-state index contributed by atoms with van der Waals surface area (Å²) in [5, 5.41) is 4.29. The van der Waals surface area contributed by atoms with Gasteiger partial charge in [-0.25, -0.2) is 18.1 Å². The molecule has 0 aliphatic carbocycles. The molecule has 0 saturated heterocycles. The summed E-state index contributed by atoms with van der Waals surface area (Å²) >= 11 is 0. The number of aromatic nitrogens is 3. The Labute approximate surface area is 149 Å². The molecular formula is C16H17F3N4O2S. The van der Waals surface area contributed by atoms with E-state index in [1.807, 2.05) is 43.3 Å². The topological polar surface area (TPSA) is 68.1 Å². The summed E-state index contributed by atoms with van der Waals surface area (Å²) in [5.41, 5.74) is -3.33. The molecule has 0 saturated carbocycles. The van der Waals surface area contributed by atoms with Crippen LogP contribution in [0.4, 0.5) is 13.2 Å². The first-order valence-electron chi connectivity index (χ1n) is 7.91. The predicted octanol–water partition coefficient (Wildman–Crippen LogP) is 2.57. The number of nitrogens with zero attached hydrogens (tertiary/aromatic N) is 4. The largest absolute Gasteiger partial charge is 0.511 e. The Morgan fingerprint density at radius 2 is 2.04 bits per heavy atom. The quantitative estimate of drug-likeness (QED) is 0.810. The third kappa shape index (κ3) is 3.65. The maximum Gasteiger partial charge on any atom is 0.511 e. The highest BCUT2D eigenvalue weighted by Gasteiger charge is 2.50. The minimum absolute atomic E-state index is 0.0380. The van der Waals surface area contributed by atoms with E-state index in [-0.39, 0.29) is 18.9 Å². The molecular weight excluding hydrogens is 369 g/mol. The number of halogens is 3. The molecule has 0 atom stereocenters. The van der Waals surface area contributed by atoms with Crippen LogP contribution in [0.25, 0.3) is 6.08 Å². The maximum atomic E-state index is 12.7. The van der Waals surface area contributed by atoms with E-state index in [1.165, 1.54) is 4.68 Å². The van der Waals surface area contributed by atoms with Crippen LogP contribution in [0.2, 0.25) is 0 Å². The van der Waals surface area contributed by atoms with E-state index in [2.05, 4.69) is 10.1 Å². The van der Waals surface area contributed by atoms with Crippen LogP contribution in [0.1, 0.15) is 29.7 Å². The Hall–Kier alpha value is -2.20. The van der Waals surface area contributed by atoms with Crippen LogP contribution in [0.15, 0.2) is 30.3 Å². The van der Waals surface area contributed by atoms with Gasteiger partial charge in [0.2, 0.25) is 0 Å². The molecule has 0 fully saturated rings. The molecule has 0 N–H and O–H groups in total. The van der Waals surface area contributed by atoms with Gasteiger partial charge in [-0.1, -0.05) is 36.4 Å². The number of rotatable bonds is 4. The van der Waals surface area contributed by atoms with E-state index in [0.717, 1.165) is 11.1 Å². The third-order valence-electron chi connectivity index (χ3n) is 3.98. The zero-order valence-electron chi connectivity index (χ0n) is 13.9. The second-order valence-corrected chi connectivity index (χ2v) is 7.80. The zero-order valence-corrected chi connectivity index (χ0v) is 14.8. The van der Waals surface area contributed by atoms with E-state index < -0.39 is 22.1 Å². The van der Waals surface area contributed by atoms with Crippen LogP contribution < -0.4 is 0 Å². The van der Waals surface area contributed by atoms with Gasteiger partial charge in [0.1, 0.15) is 5.82 Å². The first-order valence-corrected chi connectivity index (χ1v) is 9.35. The normalized spacial score (nSPS) is 16.2. The Kier molecular flexibility index (Phi) is 4.89. The first-order chi connectivity index (χ1) is 12.2. The number of alkyl halides is 3. The SMILES string of the molecule is C/C=C/c1cccc(Cc2nc3n(n2)CCN(S(=O)(=O)C(F)(F)F)C3)c1. The Balaban J connectivity index is 1.79. The molecule has 0 radical (unpaired) electrons. The summed E-state index contributed by atoms with van der Waals surface area (Å²) < 4.78 is 63.1. The van der Waals surface area contributed by atoms with Gasteiger partial charge in [-0.3, -0.25) is 0 Å². The van der Waals surface area contributed by atoms with E-state index in [4.69, 9.17) is 0 Å². The molecule has 2 heterocycles. The predicted molar refractivity (Wildman–Crippen MR) is 89.4 cm³/mol. The number of benzene rings is 1. The lowest BCUT2D eigenvalue weighted by molar-refractivity contribution is -0.0496. The van der Waals surface area contributed by atoms with Gasteiger partial charge in [0.05, 0.1) is 13.1 Å². The van der Waals surface area contributed by atoms with Crippen molar-refractivity contribution in [2.45, 2.75) is 31.9 Å². The number of hydrogen-bond acceptors (Lipinski definition) is 4. The molecule has 1 aliphatic rings. The monoisotopic (exact) mass is 386 g/mol. The summed E-state index contributed by atoms with van der Waals surface area (Å²) in [4.78, 5) is 4.23. The van der Waals surface area contributed by atoms with Gasteiger partial charge in [-0.2, -0.15) is 22.6 Å². The van der Waals surface area contributed by atoms with Crippen LogP contribution in [0.3, 0.4) is 0 Å². The van der Waals surface area contributed by atoms with Gasteiger partial charge in [-0.05, 0) is 18.1 Å². The van der Waals surface area contributed by atoms with Crippen LogP contribution >= 0.6 is 0 Å². The highest BCUT2D eigenvalue weighted by atomic mass is 32.2. The summed E-state index contributed by atoms with van der Waals surface area (Å²) in [5.74, 6) is 0.660. The molecule has 10 heteroatoms. The Morgan fingerprint density at radius 3 is 2.73 bits per heavy atom. The van der Waals surface area contributed by atoms with Gasteiger partial charge in [0.15, 0.2) is 5.82 Å². The Morgan fingerprint density at radius 1 is 1.27 bits per heavy atom. The lowest BCUT2D eigenvalue weighted by Gasteiger charge is -2.26. The summed E-state index contributed by atoms with van der Waals surface area (Å²) in [6, 6.07) is 7.74. The van der Waals surface area contributed by atoms with Crippen molar-refractivity contribution < 1.29 is 21.6 Å². The first kappa shape index (κ1) is 18.6. The summed E-state index contributed by atoms with van der Waals surface area (Å²) in [6.07, 6.45) is 4.29. The van der Waals surface area contributed by atoms with Crippen molar-refractivity contribution in [1.29, 1.82) is 0 Å². The molecule has 0 unspecified atom stereocenters. The van der Waals surface area contributed by atoms with E-state index in [1.54, 1.807) is 0 Å². The highest BCUT2D eigenvalue weighted by molar-refractivity contribution is 7.89. The molecule has 0 amide bonds. The number of allylic oxidation sites excluding steroid dienone is 1. The van der Waals surface area contributed by atoms with Crippen molar-refractivity contribution in [1.82, 2.24) is 19.1 Å². The van der Waals surface area contributed by atoms with Crippen LogP contribution in [-0.4, -0.2) is 39.5 Å². The van der Waals surface area contributed by atoms with Crippen molar-refractivity contribution in [3.8, 4) is 0 Å². The van der Waals surface area contributed by atoms with Crippen LogP contribution in [0.5, 0.6) is 0 Å². The molecule has 3 rings (SSSR count). The van der Waals surface area contributed by atoms with Crippen molar-refractivity contribution >= 4 is 16.1 Å². The number of sulfonamides is 1. The molecule has 0 bridgehead atoms. The fourth-order valence-electron chi connectivity index (χ4n) is 2.77. The highest BCUT2D eigenvalue weighted by Crippen LogP contribution is 2.29. The zero-order chi connectivity index (χ0) is 18.9. The maximum absolute atomic E-state index is 12.7. The van der Waals surface area contributed by atoms with Gasteiger partial charge >= 0.3 is 15.5 Å². The molecule has 1 aromatic carbocycles. The van der Waals surface area contributed by atoms with Crippen LogP contribution in [0, 0.1) is 0 Å². The molecule has 2 aromatic rings. The smallest absolute Gasteiger partial charge is 0.247 e. The average molecular weight is 386 g/mol. The van der Waals surface area contributed by atoms with Crippen molar-refractivity contribution in [3.63, 3.8) is 0 Å². The minimum Gasteiger partial charge on any atom is -0.247 e. The molecule has 1 aliphatic heterocycles.